The molecule has 1 aromatic carbocycles. The Balaban J connectivity index is 1.35. The summed E-state index contributed by atoms with van der Waals surface area (Å²) in [4.78, 5) is 0. The van der Waals surface area contributed by atoms with E-state index in [1.54, 1.807) is 0 Å². The van der Waals surface area contributed by atoms with Gasteiger partial charge in [0, 0.05) is 49.4 Å². The van der Waals surface area contributed by atoms with Crippen molar-refractivity contribution in [3.8, 4) is 0 Å². The van der Waals surface area contributed by atoms with Gasteiger partial charge in [0.2, 0.25) is 0 Å². The Labute approximate surface area is 154 Å². The maximum absolute atomic E-state index is 4.74. The molecule has 26 heavy (non-hydrogen) atoms. The second-order valence-corrected chi connectivity index (χ2v) is 7.07. The van der Waals surface area contributed by atoms with Crippen molar-refractivity contribution in [1.82, 2.24) is 24.9 Å². The Bertz CT molecular complexity index is 864. The molecule has 0 amide bonds. The number of hydrogen-bond acceptors (Lipinski definition) is 4. The smallest absolute Gasteiger partial charge is 0.124 e. The lowest BCUT2D eigenvalue weighted by atomic mass is 10.1. The average molecular weight is 350 g/mol. The van der Waals surface area contributed by atoms with Crippen LogP contribution in [0, 0.1) is 19.8 Å². The molecule has 2 aromatic heterocycles. The zero-order valence-corrected chi connectivity index (χ0v) is 15.4. The summed E-state index contributed by atoms with van der Waals surface area (Å²) in [5.41, 5.74) is 4.95. The zero-order chi connectivity index (χ0) is 17.9. The molecule has 136 valence electrons. The minimum atomic E-state index is 0.544. The number of fused-ring (bicyclic) bond motifs is 1. The lowest BCUT2D eigenvalue weighted by Gasteiger charge is -2.25. The van der Waals surface area contributed by atoms with Crippen molar-refractivity contribution >= 4 is 5.82 Å². The van der Waals surface area contributed by atoms with E-state index in [2.05, 4.69) is 58.5 Å². The van der Waals surface area contributed by atoms with Crippen LogP contribution in [0.25, 0.3) is 0 Å². The van der Waals surface area contributed by atoms with Crippen LogP contribution in [0.1, 0.15) is 22.5 Å². The predicted molar refractivity (Wildman–Crippen MR) is 103 cm³/mol. The first kappa shape index (κ1) is 16.8. The summed E-state index contributed by atoms with van der Waals surface area (Å²) in [5, 5.41) is 16.2. The number of nitrogens with zero attached hydrogens (tertiary/aromatic N) is 4. The normalized spacial score (nSPS) is 16.3. The molecule has 0 radical (unpaired) electrons. The average Bonchev–Trinajstić information content (AvgIpc) is 3.22. The highest BCUT2D eigenvalue weighted by molar-refractivity contribution is 5.35. The third-order valence-electron chi connectivity index (χ3n) is 5.16. The SMILES string of the molecule is Cc1nn(Cc2ccccc2)c(C)c1CNC[C@H]1CNc2ccnn2C1. The molecular weight excluding hydrogens is 324 g/mol. The lowest BCUT2D eigenvalue weighted by molar-refractivity contribution is 0.391. The van der Waals surface area contributed by atoms with Gasteiger partial charge in [0.15, 0.2) is 0 Å². The van der Waals surface area contributed by atoms with Crippen molar-refractivity contribution in [3.63, 3.8) is 0 Å². The van der Waals surface area contributed by atoms with Gasteiger partial charge in [-0.2, -0.15) is 10.2 Å². The van der Waals surface area contributed by atoms with Crippen LogP contribution in [-0.4, -0.2) is 32.7 Å². The van der Waals surface area contributed by atoms with Crippen LogP contribution in [0.15, 0.2) is 42.6 Å². The largest absolute Gasteiger partial charge is 0.370 e. The van der Waals surface area contributed by atoms with E-state index in [-0.39, 0.29) is 0 Å². The van der Waals surface area contributed by atoms with E-state index in [0.717, 1.165) is 44.2 Å². The van der Waals surface area contributed by atoms with E-state index in [4.69, 9.17) is 5.10 Å². The number of aromatic nitrogens is 4. The number of benzene rings is 1. The number of rotatable bonds is 6. The molecule has 1 aliphatic heterocycles. The number of aryl methyl sites for hydroxylation is 1. The molecular formula is C20H26N6. The second kappa shape index (κ2) is 7.33. The molecule has 0 fully saturated rings. The van der Waals surface area contributed by atoms with Crippen LogP contribution < -0.4 is 10.6 Å². The molecule has 0 saturated carbocycles. The fraction of sp³-hybridized carbons (Fsp3) is 0.400. The molecule has 1 atom stereocenters. The van der Waals surface area contributed by atoms with Crippen molar-refractivity contribution in [2.45, 2.75) is 33.5 Å². The molecule has 6 nitrogen and oxygen atoms in total. The van der Waals surface area contributed by atoms with Gasteiger partial charge in [-0.05, 0) is 19.4 Å². The molecule has 0 saturated heterocycles. The van der Waals surface area contributed by atoms with Crippen LogP contribution in [0.4, 0.5) is 5.82 Å². The summed E-state index contributed by atoms with van der Waals surface area (Å²) in [6.07, 6.45) is 1.85. The fourth-order valence-electron chi connectivity index (χ4n) is 3.62. The molecule has 0 spiro atoms. The monoisotopic (exact) mass is 350 g/mol. The number of anilines is 1. The molecule has 1 aliphatic rings. The number of nitrogens with one attached hydrogen (secondary N) is 2. The van der Waals surface area contributed by atoms with Crippen molar-refractivity contribution in [1.29, 1.82) is 0 Å². The van der Waals surface area contributed by atoms with Gasteiger partial charge in [-0.25, -0.2) is 4.68 Å². The van der Waals surface area contributed by atoms with Crippen LogP contribution >= 0.6 is 0 Å². The van der Waals surface area contributed by atoms with Gasteiger partial charge >= 0.3 is 0 Å². The van der Waals surface area contributed by atoms with E-state index < -0.39 is 0 Å². The first-order valence-corrected chi connectivity index (χ1v) is 9.24. The van der Waals surface area contributed by atoms with Gasteiger partial charge in [0.25, 0.3) is 0 Å². The number of hydrogen-bond donors (Lipinski definition) is 2. The molecule has 6 heteroatoms. The van der Waals surface area contributed by atoms with Crippen LogP contribution in [-0.2, 0) is 19.6 Å². The highest BCUT2D eigenvalue weighted by Gasteiger charge is 2.18. The molecule has 2 N–H and O–H groups in total. The van der Waals surface area contributed by atoms with Crippen LogP contribution in [0.3, 0.4) is 0 Å². The topological polar surface area (TPSA) is 59.7 Å². The van der Waals surface area contributed by atoms with Gasteiger partial charge in [0.05, 0.1) is 18.4 Å². The van der Waals surface area contributed by atoms with E-state index >= 15 is 0 Å². The fourth-order valence-corrected chi connectivity index (χ4v) is 3.62. The Kier molecular flexibility index (Phi) is 4.75. The van der Waals surface area contributed by atoms with Gasteiger partial charge in [-0.15, -0.1) is 0 Å². The van der Waals surface area contributed by atoms with E-state index in [9.17, 15) is 0 Å². The summed E-state index contributed by atoms with van der Waals surface area (Å²) in [6, 6.07) is 12.5. The standard InChI is InChI=1S/C20H26N6/c1-15-19(16(2)25(24-15)13-17-6-4-3-5-7-17)12-21-10-18-11-22-20-8-9-23-26(20)14-18/h3-9,18,21-22H,10-14H2,1-2H3/t18-/m0/s1. The summed E-state index contributed by atoms with van der Waals surface area (Å²) in [7, 11) is 0. The van der Waals surface area contributed by atoms with Gasteiger partial charge in [-0.3, -0.25) is 4.68 Å². The van der Waals surface area contributed by atoms with E-state index in [1.165, 1.54) is 16.8 Å². The van der Waals surface area contributed by atoms with Crippen LogP contribution in [0.5, 0.6) is 0 Å². The van der Waals surface area contributed by atoms with Gasteiger partial charge in [-0.1, -0.05) is 30.3 Å². The minimum absolute atomic E-state index is 0.544. The molecule has 0 bridgehead atoms. The van der Waals surface area contributed by atoms with Gasteiger partial charge < -0.3 is 10.6 Å². The first-order valence-electron chi connectivity index (χ1n) is 9.24. The maximum Gasteiger partial charge on any atom is 0.124 e. The van der Waals surface area contributed by atoms with E-state index in [1.807, 2.05) is 23.0 Å². The van der Waals surface area contributed by atoms with Gasteiger partial charge in [0.1, 0.15) is 5.82 Å². The summed E-state index contributed by atoms with van der Waals surface area (Å²) in [5.74, 6) is 1.66. The molecule has 3 aromatic rings. The highest BCUT2D eigenvalue weighted by Crippen LogP contribution is 2.17. The van der Waals surface area contributed by atoms with Crippen molar-refractivity contribution in [3.05, 3.63) is 65.1 Å². The first-order chi connectivity index (χ1) is 12.7. The molecule has 3 heterocycles. The molecule has 0 unspecified atom stereocenters. The minimum Gasteiger partial charge on any atom is -0.370 e. The van der Waals surface area contributed by atoms with Crippen molar-refractivity contribution < 1.29 is 0 Å². The molecule has 0 aliphatic carbocycles. The summed E-state index contributed by atoms with van der Waals surface area (Å²) >= 11 is 0. The Morgan fingerprint density at radius 1 is 1.19 bits per heavy atom. The summed E-state index contributed by atoms with van der Waals surface area (Å²) < 4.78 is 4.16. The third kappa shape index (κ3) is 3.51. The lowest BCUT2D eigenvalue weighted by Crippen LogP contribution is -2.35. The summed E-state index contributed by atoms with van der Waals surface area (Å²) in [6.45, 7) is 8.87. The quantitative estimate of drug-likeness (QED) is 0.717. The Morgan fingerprint density at radius 3 is 2.88 bits per heavy atom. The third-order valence-corrected chi connectivity index (χ3v) is 5.16. The van der Waals surface area contributed by atoms with Crippen molar-refractivity contribution in [2.24, 2.45) is 5.92 Å². The zero-order valence-electron chi connectivity index (χ0n) is 15.4. The molecule has 4 rings (SSSR count). The maximum atomic E-state index is 4.74. The van der Waals surface area contributed by atoms with Crippen LogP contribution in [0.2, 0.25) is 0 Å². The predicted octanol–water partition coefficient (Wildman–Crippen LogP) is 2.58. The van der Waals surface area contributed by atoms with Crippen molar-refractivity contribution in [2.75, 3.05) is 18.4 Å². The Morgan fingerprint density at radius 2 is 2.04 bits per heavy atom. The second-order valence-electron chi connectivity index (χ2n) is 7.07. The van der Waals surface area contributed by atoms with E-state index in [0.29, 0.717) is 5.92 Å². The Hall–Kier alpha value is -2.60. The highest BCUT2D eigenvalue weighted by atomic mass is 15.3.